The minimum atomic E-state index is -0.138. The molecule has 0 saturated carbocycles. The number of hydrogen-bond acceptors (Lipinski definition) is 1. The summed E-state index contributed by atoms with van der Waals surface area (Å²) in [6.07, 6.45) is 0. The van der Waals surface area contributed by atoms with Crippen LogP contribution in [0.4, 0.5) is 0 Å². The Hall–Kier alpha value is -6.77. The van der Waals surface area contributed by atoms with Gasteiger partial charge < -0.3 is 0 Å². The number of para-hydroxylation sites is 3. The van der Waals surface area contributed by atoms with E-state index in [4.69, 9.17) is 4.98 Å². The summed E-state index contributed by atoms with van der Waals surface area (Å²) in [5, 5.41) is 12.3. The quantitative estimate of drug-likeness (QED) is 0.177. The molecule has 2 heteroatoms. The Labute approximate surface area is 313 Å². The van der Waals surface area contributed by atoms with E-state index in [1.165, 1.54) is 76.1 Å². The highest BCUT2D eigenvalue weighted by Crippen LogP contribution is 2.51. The van der Waals surface area contributed by atoms with E-state index in [0.29, 0.717) is 0 Å². The topological polar surface area (TPSA) is 17.8 Å². The molecule has 0 radical (unpaired) electrons. The van der Waals surface area contributed by atoms with Crippen molar-refractivity contribution in [2.24, 2.45) is 0 Å². The molecule has 0 N–H and O–H groups in total. The van der Waals surface area contributed by atoms with Crippen LogP contribution >= 0.6 is 0 Å². The van der Waals surface area contributed by atoms with Crippen LogP contribution in [0, 0.1) is 0 Å². The van der Waals surface area contributed by atoms with E-state index < -0.39 is 0 Å². The Morgan fingerprint density at radius 2 is 0.889 bits per heavy atom. The lowest BCUT2D eigenvalue weighted by atomic mass is 9.81. The molecule has 9 aromatic carbocycles. The molecule has 0 spiro atoms. The van der Waals surface area contributed by atoms with Gasteiger partial charge in [-0.1, -0.05) is 153 Å². The number of fused-ring (bicyclic) bond motifs is 14. The minimum Gasteiger partial charge on any atom is -0.292 e. The number of aromatic nitrogens is 2. The molecule has 10 aromatic rings. The summed E-state index contributed by atoms with van der Waals surface area (Å²) in [4.78, 5) is 5.32. The molecule has 0 saturated heterocycles. The van der Waals surface area contributed by atoms with Gasteiger partial charge in [0.2, 0.25) is 0 Å². The maximum Gasteiger partial charge on any atom is 0.145 e. The first-order valence-corrected chi connectivity index (χ1v) is 18.8. The molecule has 0 aliphatic heterocycles. The van der Waals surface area contributed by atoms with Crippen LogP contribution in [0.3, 0.4) is 0 Å². The van der Waals surface area contributed by atoms with Crippen molar-refractivity contribution in [3.05, 3.63) is 193 Å². The second-order valence-electron chi connectivity index (χ2n) is 15.1. The van der Waals surface area contributed by atoms with Crippen molar-refractivity contribution in [1.29, 1.82) is 0 Å². The van der Waals surface area contributed by atoms with Crippen LogP contribution in [0.1, 0.15) is 25.0 Å². The Morgan fingerprint density at radius 3 is 1.56 bits per heavy atom. The Morgan fingerprint density at radius 1 is 0.389 bits per heavy atom. The number of imidazole rings is 1. The molecule has 54 heavy (non-hydrogen) atoms. The van der Waals surface area contributed by atoms with Crippen molar-refractivity contribution in [2.75, 3.05) is 0 Å². The molecule has 1 aromatic heterocycles. The highest BCUT2D eigenvalue weighted by atomic mass is 15.1. The van der Waals surface area contributed by atoms with Crippen LogP contribution < -0.4 is 0 Å². The van der Waals surface area contributed by atoms with Gasteiger partial charge in [-0.3, -0.25) is 4.57 Å². The number of benzene rings is 8. The molecule has 1 aliphatic rings. The van der Waals surface area contributed by atoms with Gasteiger partial charge >= 0.3 is 0 Å². The molecule has 0 unspecified atom stereocenters. The van der Waals surface area contributed by atoms with Crippen LogP contribution in [0.5, 0.6) is 0 Å². The number of hydrogen-bond donors (Lipinski definition) is 0. The van der Waals surface area contributed by atoms with E-state index in [9.17, 15) is 0 Å². The summed E-state index contributed by atoms with van der Waals surface area (Å²) >= 11 is 0. The summed E-state index contributed by atoms with van der Waals surface area (Å²) < 4.78 is 2.30. The summed E-state index contributed by atoms with van der Waals surface area (Å²) in [5.41, 5.74) is 9.47. The Kier molecular flexibility index (Phi) is 6.63. The average Bonchev–Trinajstić information content (AvgIpc) is 3.73. The fraction of sp³-hybridized carbons (Fsp3) is 0.0577. The third kappa shape index (κ3) is 4.44. The molecule has 1 aliphatic carbocycles. The normalized spacial score (nSPS) is 13.1. The standard InChI is InChI=1S/C52H36N2/c1-52(2)47-25-13-12-24-42(47)46-31-44-43-30-33(51-53-49-26-14-15-27-50(49)54(51)34-16-4-3-5-17-34)28-29-41(43)39-22-9-8-20-37(39)35-18-6-7-19-36(35)38-21-10-11-23-40(38)45(44)32-48(46)52/h3-32H,1-2H3. The fourth-order valence-corrected chi connectivity index (χ4v) is 9.25. The van der Waals surface area contributed by atoms with Crippen molar-refractivity contribution in [2.45, 2.75) is 19.3 Å². The van der Waals surface area contributed by atoms with Gasteiger partial charge in [0, 0.05) is 16.7 Å². The number of nitrogens with zero attached hydrogens (tertiary/aromatic N) is 2. The van der Waals surface area contributed by atoms with Crippen molar-refractivity contribution >= 4 is 64.9 Å². The third-order valence-electron chi connectivity index (χ3n) is 11.8. The molecule has 0 atom stereocenters. The fourth-order valence-electron chi connectivity index (χ4n) is 9.25. The molecule has 11 rings (SSSR count). The van der Waals surface area contributed by atoms with Gasteiger partial charge in [0.15, 0.2) is 0 Å². The van der Waals surface area contributed by atoms with Crippen LogP contribution in [0.2, 0.25) is 0 Å². The van der Waals surface area contributed by atoms with Crippen LogP contribution in [0.15, 0.2) is 182 Å². The highest BCUT2D eigenvalue weighted by molar-refractivity contribution is 6.27. The van der Waals surface area contributed by atoms with Gasteiger partial charge in [0.1, 0.15) is 5.82 Å². The first kappa shape index (κ1) is 30.8. The average molecular weight is 689 g/mol. The zero-order valence-corrected chi connectivity index (χ0v) is 30.2. The summed E-state index contributed by atoms with van der Waals surface area (Å²) in [7, 11) is 0. The van der Waals surface area contributed by atoms with Gasteiger partial charge in [-0.25, -0.2) is 4.98 Å². The smallest absolute Gasteiger partial charge is 0.145 e. The van der Waals surface area contributed by atoms with Crippen LogP contribution in [-0.2, 0) is 5.41 Å². The second kappa shape index (κ2) is 11.6. The number of rotatable bonds is 2. The summed E-state index contributed by atoms with van der Waals surface area (Å²) in [5.74, 6) is 0.926. The van der Waals surface area contributed by atoms with Crippen molar-refractivity contribution in [1.82, 2.24) is 9.55 Å². The molecule has 0 bridgehead atoms. The Balaban J connectivity index is 1.40. The first-order valence-electron chi connectivity index (χ1n) is 18.8. The van der Waals surface area contributed by atoms with Crippen molar-refractivity contribution in [3.63, 3.8) is 0 Å². The predicted octanol–water partition coefficient (Wildman–Crippen LogP) is 13.9. The largest absolute Gasteiger partial charge is 0.292 e. The lowest BCUT2D eigenvalue weighted by Crippen LogP contribution is -2.14. The Bertz CT molecular complexity index is 3240. The SMILES string of the molecule is CC1(C)c2ccccc2-c2cc3c4cc(-c5nc6ccccc6n5-c5ccccc5)ccc4c4ccccc4c4ccccc4c4ccccc4c3cc21. The second-order valence-corrected chi connectivity index (χ2v) is 15.1. The maximum atomic E-state index is 5.32. The first-order chi connectivity index (χ1) is 26.6. The van der Waals surface area contributed by atoms with Gasteiger partial charge in [0.05, 0.1) is 11.0 Å². The molecule has 0 fully saturated rings. The molecular weight excluding hydrogens is 653 g/mol. The zero-order valence-electron chi connectivity index (χ0n) is 30.2. The molecule has 2 nitrogen and oxygen atoms in total. The monoisotopic (exact) mass is 688 g/mol. The van der Waals surface area contributed by atoms with E-state index in [0.717, 1.165) is 28.1 Å². The van der Waals surface area contributed by atoms with E-state index in [1.54, 1.807) is 0 Å². The molecular formula is C52H36N2. The predicted molar refractivity (Wildman–Crippen MR) is 229 cm³/mol. The van der Waals surface area contributed by atoms with Crippen molar-refractivity contribution < 1.29 is 0 Å². The van der Waals surface area contributed by atoms with E-state index in [2.05, 4.69) is 200 Å². The van der Waals surface area contributed by atoms with Gasteiger partial charge in [-0.15, -0.1) is 0 Å². The third-order valence-corrected chi connectivity index (χ3v) is 11.8. The lowest BCUT2D eigenvalue weighted by Gasteiger charge is -2.22. The molecule has 1 heterocycles. The van der Waals surface area contributed by atoms with Crippen molar-refractivity contribution in [3.8, 4) is 28.2 Å². The zero-order chi connectivity index (χ0) is 36.0. The van der Waals surface area contributed by atoms with Gasteiger partial charge in [-0.2, -0.15) is 0 Å². The maximum absolute atomic E-state index is 5.32. The van der Waals surface area contributed by atoms with E-state index in [-0.39, 0.29) is 5.41 Å². The van der Waals surface area contributed by atoms with Crippen LogP contribution in [0.25, 0.3) is 93.1 Å². The lowest BCUT2D eigenvalue weighted by molar-refractivity contribution is 0.661. The highest BCUT2D eigenvalue weighted by Gasteiger charge is 2.35. The van der Waals surface area contributed by atoms with Gasteiger partial charge in [-0.05, 0) is 119 Å². The van der Waals surface area contributed by atoms with E-state index >= 15 is 0 Å². The summed E-state index contributed by atoms with van der Waals surface area (Å²) in [6, 6.07) is 66.9. The minimum absolute atomic E-state index is 0.138. The summed E-state index contributed by atoms with van der Waals surface area (Å²) in [6.45, 7) is 4.75. The van der Waals surface area contributed by atoms with Crippen LogP contribution in [-0.4, -0.2) is 9.55 Å². The van der Waals surface area contributed by atoms with E-state index in [1.807, 2.05) is 0 Å². The van der Waals surface area contributed by atoms with Gasteiger partial charge in [0.25, 0.3) is 0 Å². The molecule has 0 amide bonds. The molecule has 254 valence electrons.